The molecule has 8 nitrogen and oxygen atoms in total. The number of nitrogens with two attached hydrogens (primary N) is 1. The van der Waals surface area contributed by atoms with E-state index in [1.165, 1.54) is 10.8 Å². The van der Waals surface area contributed by atoms with E-state index in [-0.39, 0.29) is 16.6 Å². The quantitative estimate of drug-likeness (QED) is 0.635. The first-order valence-electron chi connectivity index (χ1n) is 5.54. The molecule has 2 rings (SSSR count). The second kappa shape index (κ2) is 4.67. The summed E-state index contributed by atoms with van der Waals surface area (Å²) in [5, 5.41) is 9.03. The van der Waals surface area contributed by atoms with Crippen molar-refractivity contribution in [1.82, 2.24) is 9.29 Å². The van der Waals surface area contributed by atoms with Crippen molar-refractivity contribution < 1.29 is 23.1 Å². The Hall–Kier alpha value is -1.87. The van der Waals surface area contributed by atoms with Crippen LogP contribution in [0.4, 0.5) is 0 Å². The molecule has 1 heterocycles. The predicted molar refractivity (Wildman–Crippen MR) is 64.0 cm³/mol. The fourth-order valence-corrected chi connectivity index (χ4v) is 2.69. The molecule has 1 aliphatic rings. The molecule has 1 aromatic heterocycles. The number of carboxylic acids is 1. The monoisotopic (exact) mass is 287 g/mol. The number of aromatic nitrogens is 1. The van der Waals surface area contributed by atoms with Crippen LogP contribution in [0.25, 0.3) is 0 Å². The minimum absolute atomic E-state index is 0.0335. The second-order valence-corrected chi connectivity index (χ2v) is 6.06. The number of carboxylic acid groups (broad SMARTS) is 1. The highest BCUT2D eigenvalue weighted by molar-refractivity contribution is 7.89. The fraction of sp³-hybridized carbons (Fsp3) is 0.400. The molecule has 0 aromatic carbocycles. The van der Waals surface area contributed by atoms with E-state index in [4.69, 9.17) is 10.8 Å². The third-order valence-corrected chi connectivity index (χ3v) is 4.10. The summed E-state index contributed by atoms with van der Waals surface area (Å²) in [4.78, 5) is 21.4. The van der Waals surface area contributed by atoms with Crippen LogP contribution in [-0.2, 0) is 14.8 Å². The summed E-state index contributed by atoms with van der Waals surface area (Å²) in [6.45, 7) is -0.528. The Balaban J connectivity index is 2.32. The van der Waals surface area contributed by atoms with Gasteiger partial charge in [-0.2, -0.15) is 0 Å². The Bertz CT molecular complexity index is 630. The fourth-order valence-electron chi connectivity index (χ4n) is 1.68. The lowest BCUT2D eigenvalue weighted by molar-refractivity contribution is -0.116. The number of aromatic carboxylic acids is 1. The molecule has 0 radical (unpaired) electrons. The summed E-state index contributed by atoms with van der Waals surface area (Å²) in [5.74, 6) is -2.01. The van der Waals surface area contributed by atoms with Crippen LogP contribution in [0.5, 0.6) is 0 Å². The van der Waals surface area contributed by atoms with Crippen LogP contribution < -0.4 is 10.5 Å². The number of amides is 1. The highest BCUT2D eigenvalue weighted by Gasteiger charge is 2.30. The third-order valence-electron chi connectivity index (χ3n) is 2.73. The summed E-state index contributed by atoms with van der Waals surface area (Å²) in [6.07, 6.45) is 2.91. The Labute approximate surface area is 109 Å². The number of primary amides is 1. The van der Waals surface area contributed by atoms with Gasteiger partial charge < -0.3 is 15.4 Å². The molecular weight excluding hydrogens is 274 g/mol. The molecule has 1 saturated carbocycles. The lowest BCUT2D eigenvalue weighted by atomic mass is 10.4. The van der Waals surface area contributed by atoms with Gasteiger partial charge in [0.25, 0.3) is 0 Å². The first-order chi connectivity index (χ1) is 8.81. The molecule has 1 aliphatic carbocycles. The minimum atomic E-state index is -3.93. The van der Waals surface area contributed by atoms with Crippen molar-refractivity contribution in [2.24, 2.45) is 5.73 Å². The van der Waals surface area contributed by atoms with Gasteiger partial charge in [0.15, 0.2) is 0 Å². The molecule has 0 atom stereocenters. The molecular formula is C10H13N3O5S. The van der Waals surface area contributed by atoms with E-state index < -0.39 is 28.4 Å². The molecule has 1 amide bonds. The van der Waals surface area contributed by atoms with E-state index in [0.29, 0.717) is 0 Å². The van der Waals surface area contributed by atoms with Gasteiger partial charge in [0.1, 0.15) is 10.6 Å². The average Bonchev–Trinajstić information content (AvgIpc) is 3.04. The molecule has 0 unspecified atom stereocenters. The van der Waals surface area contributed by atoms with Crippen molar-refractivity contribution in [3.8, 4) is 0 Å². The van der Waals surface area contributed by atoms with Crippen LogP contribution in [0.3, 0.4) is 0 Å². The van der Waals surface area contributed by atoms with E-state index in [1.807, 2.05) is 4.72 Å². The van der Waals surface area contributed by atoms with Crippen LogP contribution in [0.2, 0.25) is 0 Å². The summed E-state index contributed by atoms with van der Waals surface area (Å²) in [6, 6.07) is 1.11. The normalized spacial score (nSPS) is 15.4. The summed E-state index contributed by atoms with van der Waals surface area (Å²) in [7, 11) is -3.93. The van der Waals surface area contributed by atoms with Gasteiger partial charge in [0, 0.05) is 12.2 Å². The van der Waals surface area contributed by atoms with Crippen LogP contribution in [0, 0.1) is 0 Å². The maximum atomic E-state index is 11.8. The first-order valence-corrected chi connectivity index (χ1v) is 7.02. The molecule has 9 heteroatoms. The number of carbonyl (C=O) groups is 2. The van der Waals surface area contributed by atoms with Crippen molar-refractivity contribution in [1.29, 1.82) is 0 Å². The van der Waals surface area contributed by atoms with Crippen molar-refractivity contribution in [3.63, 3.8) is 0 Å². The van der Waals surface area contributed by atoms with Gasteiger partial charge in [0.05, 0.1) is 6.54 Å². The molecule has 1 aromatic rings. The highest BCUT2D eigenvalue weighted by atomic mass is 32.2. The van der Waals surface area contributed by atoms with Crippen LogP contribution in [-0.4, -0.2) is 36.5 Å². The van der Waals surface area contributed by atoms with Crippen LogP contribution >= 0.6 is 0 Å². The van der Waals surface area contributed by atoms with Gasteiger partial charge in [0.2, 0.25) is 15.9 Å². The van der Waals surface area contributed by atoms with Crippen molar-refractivity contribution in [2.75, 3.05) is 6.54 Å². The van der Waals surface area contributed by atoms with Gasteiger partial charge in [-0.1, -0.05) is 0 Å². The lowest BCUT2D eigenvalue weighted by Gasteiger charge is -2.02. The first kappa shape index (κ1) is 13.6. The highest BCUT2D eigenvalue weighted by Crippen LogP contribution is 2.37. The lowest BCUT2D eigenvalue weighted by Crippen LogP contribution is -2.33. The number of hydrogen-bond acceptors (Lipinski definition) is 4. The molecule has 0 spiro atoms. The predicted octanol–water partition coefficient (Wildman–Crippen LogP) is -0.715. The number of nitrogens with one attached hydrogen (secondary N) is 1. The van der Waals surface area contributed by atoms with E-state index >= 15 is 0 Å². The maximum Gasteiger partial charge on any atom is 0.352 e. The average molecular weight is 287 g/mol. The minimum Gasteiger partial charge on any atom is -0.477 e. The number of sulfonamides is 1. The van der Waals surface area contributed by atoms with Gasteiger partial charge in [-0.05, 0) is 18.9 Å². The molecule has 19 heavy (non-hydrogen) atoms. The third kappa shape index (κ3) is 2.93. The van der Waals surface area contributed by atoms with E-state index in [2.05, 4.69) is 0 Å². The molecule has 0 aliphatic heterocycles. The largest absolute Gasteiger partial charge is 0.477 e. The zero-order valence-corrected chi connectivity index (χ0v) is 10.7. The van der Waals surface area contributed by atoms with Gasteiger partial charge in [-0.25, -0.2) is 17.9 Å². The van der Waals surface area contributed by atoms with Gasteiger partial charge >= 0.3 is 5.97 Å². The van der Waals surface area contributed by atoms with Gasteiger partial charge in [-0.15, -0.1) is 0 Å². The van der Waals surface area contributed by atoms with E-state index in [1.54, 1.807) is 0 Å². The standard InChI is InChI=1S/C10H13N3O5S/c11-9(14)4-12-19(17,18)7-3-8(10(15)16)13(5-7)6-1-2-6/h3,5-6,12H,1-2,4H2,(H2,11,14)(H,15,16). The number of rotatable bonds is 6. The number of carbonyl (C=O) groups excluding carboxylic acids is 1. The zero-order chi connectivity index (χ0) is 14.2. The number of nitrogens with zero attached hydrogens (tertiary/aromatic N) is 1. The van der Waals surface area contributed by atoms with E-state index in [9.17, 15) is 18.0 Å². The Morgan fingerprint density at radius 1 is 1.47 bits per heavy atom. The Morgan fingerprint density at radius 3 is 2.58 bits per heavy atom. The Morgan fingerprint density at radius 2 is 2.11 bits per heavy atom. The zero-order valence-electron chi connectivity index (χ0n) is 9.87. The Kier molecular flexibility index (Phi) is 3.33. The molecule has 4 N–H and O–H groups in total. The molecule has 0 saturated heterocycles. The molecule has 1 fully saturated rings. The van der Waals surface area contributed by atoms with Gasteiger partial charge in [-0.3, -0.25) is 4.79 Å². The van der Waals surface area contributed by atoms with Crippen LogP contribution in [0.15, 0.2) is 17.2 Å². The number of hydrogen-bond donors (Lipinski definition) is 3. The summed E-state index contributed by atoms with van der Waals surface area (Å²) in [5.41, 5.74) is 4.77. The summed E-state index contributed by atoms with van der Waals surface area (Å²) >= 11 is 0. The maximum absolute atomic E-state index is 11.8. The van der Waals surface area contributed by atoms with Crippen molar-refractivity contribution in [2.45, 2.75) is 23.8 Å². The molecule has 0 bridgehead atoms. The summed E-state index contributed by atoms with van der Waals surface area (Å²) < 4.78 is 27.1. The molecule has 104 valence electrons. The second-order valence-electron chi connectivity index (χ2n) is 4.30. The topological polar surface area (TPSA) is 131 Å². The smallest absolute Gasteiger partial charge is 0.352 e. The van der Waals surface area contributed by atoms with Crippen molar-refractivity contribution >= 4 is 21.9 Å². The van der Waals surface area contributed by atoms with Crippen LogP contribution in [0.1, 0.15) is 29.4 Å². The van der Waals surface area contributed by atoms with E-state index in [0.717, 1.165) is 18.9 Å². The SMILES string of the molecule is NC(=O)CNS(=O)(=O)c1cc(C(=O)O)n(C2CC2)c1. The van der Waals surface area contributed by atoms with Crippen molar-refractivity contribution in [3.05, 3.63) is 18.0 Å².